The van der Waals surface area contributed by atoms with E-state index >= 15 is 0 Å². The Balaban J connectivity index is 1.75. The van der Waals surface area contributed by atoms with E-state index in [0.717, 1.165) is 25.8 Å². The third kappa shape index (κ3) is 3.62. The van der Waals surface area contributed by atoms with Crippen molar-refractivity contribution in [2.75, 3.05) is 19.6 Å². The van der Waals surface area contributed by atoms with Gasteiger partial charge in [0.15, 0.2) is 0 Å². The number of carbonyl (C=O) groups is 2. The van der Waals surface area contributed by atoms with E-state index < -0.39 is 11.5 Å². The zero-order valence-electron chi connectivity index (χ0n) is 12.2. The minimum absolute atomic E-state index is 0.249. The highest BCUT2D eigenvalue weighted by Gasteiger charge is 2.43. The van der Waals surface area contributed by atoms with Gasteiger partial charge in [-0.2, -0.15) is 0 Å². The van der Waals surface area contributed by atoms with Crippen LogP contribution in [0.25, 0.3) is 0 Å². The first-order chi connectivity index (χ1) is 9.54. The van der Waals surface area contributed by atoms with Gasteiger partial charge in [0.1, 0.15) is 5.54 Å². The smallest absolute Gasteiger partial charge is 0.329 e. The van der Waals surface area contributed by atoms with Gasteiger partial charge in [-0.3, -0.25) is 0 Å². The lowest BCUT2D eigenvalue weighted by Gasteiger charge is -2.41. The van der Waals surface area contributed by atoms with Crippen LogP contribution in [-0.4, -0.2) is 53.2 Å². The standard InChI is InChI=1S/C14H25N3O3/c1-14(12(18)19)7-2-3-10-17(14)13(20)16-9-4-8-15-11-5-6-11/h11,15H,2-10H2,1H3,(H,16,20)(H,18,19). The molecule has 1 aliphatic heterocycles. The molecule has 6 heteroatoms. The summed E-state index contributed by atoms with van der Waals surface area (Å²) in [5.74, 6) is -0.914. The number of urea groups is 1. The molecule has 1 saturated heterocycles. The van der Waals surface area contributed by atoms with Crippen LogP contribution in [0.15, 0.2) is 0 Å². The highest BCUT2D eigenvalue weighted by molar-refractivity contribution is 5.86. The number of carboxylic acids is 1. The van der Waals surface area contributed by atoms with Gasteiger partial charge >= 0.3 is 12.0 Å². The second-order valence-electron chi connectivity index (χ2n) is 6.00. The van der Waals surface area contributed by atoms with Crippen molar-refractivity contribution in [3.05, 3.63) is 0 Å². The minimum Gasteiger partial charge on any atom is -0.480 e. The zero-order chi connectivity index (χ0) is 14.6. The number of amides is 2. The number of carbonyl (C=O) groups excluding carboxylic acids is 1. The fourth-order valence-corrected chi connectivity index (χ4v) is 2.64. The number of piperidine rings is 1. The first-order valence-corrected chi connectivity index (χ1v) is 7.56. The van der Waals surface area contributed by atoms with Crippen LogP contribution in [0.2, 0.25) is 0 Å². The van der Waals surface area contributed by atoms with Crippen molar-refractivity contribution in [3.8, 4) is 0 Å². The Bertz CT molecular complexity index is 371. The van der Waals surface area contributed by atoms with Crippen molar-refractivity contribution < 1.29 is 14.7 Å². The molecule has 1 saturated carbocycles. The van der Waals surface area contributed by atoms with E-state index in [1.54, 1.807) is 6.92 Å². The zero-order valence-corrected chi connectivity index (χ0v) is 12.2. The average molecular weight is 283 g/mol. The molecule has 20 heavy (non-hydrogen) atoms. The van der Waals surface area contributed by atoms with E-state index in [1.807, 2.05) is 0 Å². The number of likely N-dealkylation sites (tertiary alicyclic amines) is 1. The Morgan fingerprint density at radius 2 is 2.05 bits per heavy atom. The Morgan fingerprint density at radius 1 is 1.30 bits per heavy atom. The van der Waals surface area contributed by atoms with Gasteiger partial charge in [0.05, 0.1) is 0 Å². The number of hydrogen-bond donors (Lipinski definition) is 3. The van der Waals surface area contributed by atoms with Crippen LogP contribution < -0.4 is 10.6 Å². The molecule has 1 aliphatic carbocycles. The Hall–Kier alpha value is -1.30. The molecule has 1 heterocycles. The Morgan fingerprint density at radius 3 is 2.70 bits per heavy atom. The summed E-state index contributed by atoms with van der Waals surface area (Å²) < 4.78 is 0. The number of nitrogens with one attached hydrogen (secondary N) is 2. The van der Waals surface area contributed by atoms with Crippen molar-refractivity contribution in [1.29, 1.82) is 0 Å². The molecule has 0 bridgehead atoms. The van der Waals surface area contributed by atoms with Gasteiger partial charge in [0.25, 0.3) is 0 Å². The van der Waals surface area contributed by atoms with Crippen molar-refractivity contribution in [3.63, 3.8) is 0 Å². The Kier molecular flexibility index (Phi) is 4.86. The van der Waals surface area contributed by atoms with Crippen LogP contribution in [-0.2, 0) is 4.79 Å². The monoisotopic (exact) mass is 283 g/mol. The van der Waals surface area contributed by atoms with E-state index in [0.29, 0.717) is 25.6 Å². The molecule has 2 aliphatic rings. The summed E-state index contributed by atoms with van der Waals surface area (Å²) in [6.45, 7) is 3.66. The van der Waals surface area contributed by atoms with E-state index in [9.17, 15) is 14.7 Å². The Labute approximate surface area is 119 Å². The topological polar surface area (TPSA) is 81.7 Å². The summed E-state index contributed by atoms with van der Waals surface area (Å²) in [6.07, 6.45) is 5.66. The van der Waals surface area contributed by atoms with Gasteiger partial charge in [0, 0.05) is 19.1 Å². The molecule has 2 amide bonds. The van der Waals surface area contributed by atoms with Gasteiger partial charge in [-0.25, -0.2) is 9.59 Å². The van der Waals surface area contributed by atoms with E-state index in [4.69, 9.17) is 0 Å². The van der Waals surface area contributed by atoms with E-state index in [1.165, 1.54) is 17.7 Å². The van der Waals surface area contributed by atoms with Crippen LogP contribution in [0.3, 0.4) is 0 Å². The summed E-state index contributed by atoms with van der Waals surface area (Å²) in [6, 6.07) is 0.434. The normalized spacial score (nSPS) is 26.4. The number of nitrogens with zero attached hydrogens (tertiary/aromatic N) is 1. The molecule has 114 valence electrons. The summed E-state index contributed by atoms with van der Waals surface area (Å²) in [5, 5.41) is 15.6. The molecular formula is C14H25N3O3. The first-order valence-electron chi connectivity index (χ1n) is 7.56. The molecule has 1 atom stereocenters. The number of carboxylic acid groups (broad SMARTS) is 1. The minimum atomic E-state index is -1.06. The molecule has 2 rings (SSSR count). The second kappa shape index (κ2) is 6.43. The number of aliphatic carboxylic acids is 1. The fraction of sp³-hybridized carbons (Fsp3) is 0.857. The van der Waals surface area contributed by atoms with Gasteiger partial charge in [-0.1, -0.05) is 0 Å². The molecule has 0 radical (unpaired) electrons. The number of hydrogen-bond acceptors (Lipinski definition) is 3. The first kappa shape index (κ1) is 15.1. The molecule has 0 aromatic rings. The van der Waals surface area contributed by atoms with Gasteiger partial charge in [-0.15, -0.1) is 0 Å². The lowest BCUT2D eigenvalue weighted by atomic mass is 9.89. The highest BCUT2D eigenvalue weighted by atomic mass is 16.4. The fourth-order valence-electron chi connectivity index (χ4n) is 2.64. The predicted octanol–water partition coefficient (Wildman–Crippen LogP) is 1.17. The molecule has 1 unspecified atom stereocenters. The predicted molar refractivity (Wildman–Crippen MR) is 75.6 cm³/mol. The SMILES string of the molecule is CC1(C(=O)O)CCCCN1C(=O)NCCCNC1CC1. The molecule has 0 aromatic carbocycles. The van der Waals surface area contributed by atoms with Crippen LogP contribution in [0.1, 0.15) is 45.4 Å². The van der Waals surface area contributed by atoms with E-state index in [-0.39, 0.29) is 6.03 Å². The molecular weight excluding hydrogens is 258 g/mol. The van der Waals surface area contributed by atoms with Crippen LogP contribution in [0.4, 0.5) is 4.79 Å². The van der Waals surface area contributed by atoms with Gasteiger partial charge in [-0.05, 0) is 52.0 Å². The molecule has 3 N–H and O–H groups in total. The van der Waals surface area contributed by atoms with Crippen LogP contribution in [0, 0.1) is 0 Å². The molecule has 2 fully saturated rings. The van der Waals surface area contributed by atoms with Gasteiger partial charge in [0.2, 0.25) is 0 Å². The van der Waals surface area contributed by atoms with Gasteiger partial charge < -0.3 is 20.6 Å². The second-order valence-corrected chi connectivity index (χ2v) is 6.00. The summed E-state index contributed by atoms with van der Waals surface area (Å²) in [7, 11) is 0. The van der Waals surface area contributed by atoms with Crippen LogP contribution >= 0.6 is 0 Å². The van der Waals surface area contributed by atoms with Crippen molar-refractivity contribution in [2.45, 2.75) is 57.0 Å². The summed E-state index contributed by atoms with van der Waals surface area (Å²) in [4.78, 5) is 25.1. The summed E-state index contributed by atoms with van der Waals surface area (Å²) in [5.41, 5.74) is -1.06. The maximum Gasteiger partial charge on any atom is 0.329 e. The summed E-state index contributed by atoms with van der Waals surface area (Å²) >= 11 is 0. The van der Waals surface area contributed by atoms with Crippen molar-refractivity contribution in [2.24, 2.45) is 0 Å². The lowest BCUT2D eigenvalue weighted by molar-refractivity contribution is -0.150. The quantitative estimate of drug-likeness (QED) is 0.639. The van der Waals surface area contributed by atoms with E-state index in [2.05, 4.69) is 10.6 Å². The maximum atomic E-state index is 12.2. The molecule has 0 aromatic heterocycles. The highest BCUT2D eigenvalue weighted by Crippen LogP contribution is 2.28. The van der Waals surface area contributed by atoms with Crippen molar-refractivity contribution >= 4 is 12.0 Å². The van der Waals surface area contributed by atoms with Crippen molar-refractivity contribution in [1.82, 2.24) is 15.5 Å². The largest absolute Gasteiger partial charge is 0.480 e. The lowest BCUT2D eigenvalue weighted by Crippen LogP contribution is -2.60. The maximum absolute atomic E-state index is 12.2. The number of rotatable bonds is 6. The molecule has 0 spiro atoms. The van der Waals surface area contributed by atoms with Crippen LogP contribution in [0.5, 0.6) is 0 Å². The molecule has 6 nitrogen and oxygen atoms in total. The third-order valence-electron chi connectivity index (χ3n) is 4.24. The average Bonchev–Trinajstić information content (AvgIpc) is 3.22. The third-order valence-corrected chi connectivity index (χ3v) is 4.24.